The van der Waals surface area contributed by atoms with Crippen LogP contribution in [0.1, 0.15) is 25.3 Å². The van der Waals surface area contributed by atoms with Gasteiger partial charge >= 0.3 is 0 Å². The van der Waals surface area contributed by atoms with Gasteiger partial charge in [0.2, 0.25) is 15.9 Å². The number of hydrogen-bond donors (Lipinski definition) is 2. The SMILES string of the molecule is CC(NS(=O)(=O)c1cc(C#N)ccc1Cl)C(=O)NC1CC1. The van der Waals surface area contributed by atoms with Crippen LogP contribution >= 0.6 is 11.6 Å². The van der Waals surface area contributed by atoms with Crippen LogP contribution in [0.5, 0.6) is 0 Å². The predicted molar refractivity (Wildman–Crippen MR) is 77.1 cm³/mol. The number of nitriles is 1. The first-order chi connectivity index (χ1) is 9.83. The zero-order valence-corrected chi connectivity index (χ0v) is 12.8. The van der Waals surface area contributed by atoms with Gasteiger partial charge < -0.3 is 5.32 Å². The van der Waals surface area contributed by atoms with Gasteiger partial charge in [-0.05, 0) is 38.0 Å². The quantitative estimate of drug-likeness (QED) is 0.847. The fourth-order valence-corrected chi connectivity index (χ4v) is 3.41. The maximum absolute atomic E-state index is 12.3. The van der Waals surface area contributed by atoms with E-state index in [0.29, 0.717) is 0 Å². The smallest absolute Gasteiger partial charge is 0.242 e. The summed E-state index contributed by atoms with van der Waals surface area (Å²) in [7, 11) is -3.98. The number of halogens is 1. The summed E-state index contributed by atoms with van der Waals surface area (Å²) in [6.45, 7) is 1.46. The highest BCUT2D eigenvalue weighted by molar-refractivity contribution is 7.89. The monoisotopic (exact) mass is 327 g/mol. The molecular formula is C13H14ClN3O3S. The van der Waals surface area contributed by atoms with E-state index in [-0.39, 0.29) is 27.4 Å². The first-order valence-electron chi connectivity index (χ1n) is 6.36. The number of nitrogens with zero attached hydrogens (tertiary/aromatic N) is 1. The number of sulfonamides is 1. The third-order valence-electron chi connectivity index (χ3n) is 3.00. The van der Waals surface area contributed by atoms with Gasteiger partial charge in [0.1, 0.15) is 4.90 Å². The standard InChI is InChI=1S/C13H14ClN3O3S/c1-8(13(18)16-10-3-4-10)17-21(19,20)12-6-9(7-15)2-5-11(12)14/h2,5-6,8,10,17H,3-4H2,1H3,(H,16,18). The van der Waals surface area contributed by atoms with Crippen molar-refractivity contribution in [3.63, 3.8) is 0 Å². The number of rotatable bonds is 5. The van der Waals surface area contributed by atoms with Crippen LogP contribution in [0, 0.1) is 11.3 Å². The van der Waals surface area contributed by atoms with Gasteiger partial charge in [-0.25, -0.2) is 8.42 Å². The number of carbonyl (C=O) groups is 1. The first-order valence-corrected chi connectivity index (χ1v) is 8.22. The molecule has 2 rings (SSSR count). The van der Waals surface area contributed by atoms with Gasteiger partial charge in [-0.1, -0.05) is 11.6 Å². The minimum absolute atomic E-state index is 0.00342. The molecule has 8 heteroatoms. The topological polar surface area (TPSA) is 99.1 Å². The summed E-state index contributed by atoms with van der Waals surface area (Å²) < 4.78 is 26.8. The minimum atomic E-state index is -3.98. The second-order valence-corrected chi connectivity index (χ2v) is 6.97. The van der Waals surface area contributed by atoms with Crippen molar-refractivity contribution in [2.24, 2.45) is 0 Å². The lowest BCUT2D eigenvalue weighted by molar-refractivity contribution is -0.122. The highest BCUT2D eigenvalue weighted by Gasteiger charge is 2.28. The summed E-state index contributed by atoms with van der Waals surface area (Å²) in [5, 5.41) is 11.5. The van der Waals surface area contributed by atoms with Gasteiger partial charge in [-0.15, -0.1) is 0 Å². The average Bonchev–Trinajstić information content (AvgIpc) is 3.22. The highest BCUT2D eigenvalue weighted by atomic mass is 35.5. The zero-order chi connectivity index (χ0) is 15.6. The van der Waals surface area contributed by atoms with Gasteiger partial charge in [0.05, 0.1) is 22.7 Å². The molecule has 1 aliphatic rings. The van der Waals surface area contributed by atoms with Crippen LogP contribution in [0.4, 0.5) is 0 Å². The molecule has 0 bridgehead atoms. The van der Waals surface area contributed by atoms with Crippen molar-refractivity contribution in [2.75, 3.05) is 0 Å². The molecule has 1 fully saturated rings. The van der Waals surface area contributed by atoms with Crippen molar-refractivity contribution in [3.8, 4) is 6.07 Å². The predicted octanol–water partition coefficient (Wildman–Crippen LogP) is 1.16. The number of benzene rings is 1. The second kappa shape index (κ2) is 6.02. The van der Waals surface area contributed by atoms with E-state index in [1.54, 1.807) is 0 Å². The lowest BCUT2D eigenvalue weighted by Gasteiger charge is -2.15. The van der Waals surface area contributed by atoms with Gasteiger partial charge in [0.25, 0.3) is 0 Å². The van der Waals surface area contributed by atoms with E-state index in [0.717, 1.165) is 12.8 Å². The van der Waals surface area contributed by atoms with E-state index >= 15 is 0 Å². The molecule has 21 heavy (non-hydrogen) atoms. The van der Waals surface area contributed by atoms with Gasteiger partial charge in [-0.2, -0.15) is 9.98 Å². The molecule has 0 saturated heterocycles. The van der Waals surface area contributed by atoms with Crippen molar-refractivity contribution < 1.29 is 13.2 Å². The van der Waals surface area contributed by atoms with Crippen molar-refractivity contribution in [2.45, 2.75) is 36.7 Å². The molecule has 6 nitrogen and oxygen atoms in total. The van der Waals surface area contributed by atoms with E-state index < -0.39 is 16.1 Å². The van der Waals surface area contributed by atoms with Crippen molar-refractivity contribution in [1.29, 1.82) is 5.26 Å². The van der Waals surface area contributed by atoms with E-state index in [1.165, 1.54) is 25.1 Å². The fraction of sp³-hybridized carbons (Fsp3) is 0.385. The third-order valence-corrected chi connectivity index (χ3v) is 5.02. The van der Waals surface area contributed by atoms with Crippen LogP contribution in [0.25, 0.3) is 0 Å². The molecule has 112 valence electrons. The largest absolute Gasteiger partial charge is 0.352 e. The van der Waals surface area contributed by atoms with Crippen LogP contribution in [0.3, 0.4) is 0 Å². The van der Waals surface area contributed by atoms with Crippen LogP contribution in [0.15, 0.2) is 23.1 Å². The molecule has 1 aromatic rings. The Labute approximate surface area is 128 Å². The Kier molecular flexibility index (Phi) is 4.52. The second-order valence-electron chi connectivity index (χ2n) is 4.88. The molecule has 0 spiro atoms. The van der Waals surface area contributed by atoms with Crippen molar-refractivity contribution in [1.82, 2.24) is 10.0 Å². The molecule has 1 saturated carbocycles. The molecule has 1 atom stereocenters. The van der Waals surface area contributed by atoms with E-state index in [9.17, 15) is 13.2 Å². The van der Waals surface area contributed by atoms with Crippen LogP contribution in [0.2, 0.25) is 5.02 Å². The van der Waals surface area contributed by atoms with Crippen LogP contribution < -0.4 is 10.0 Å². The molecule has 0 aliphatic heterocycles. The zero-order valence-electron chi connectivity index (χ0n) is 11.3. The summed E-state index contributed by atoms with van der Waals surface area (Å²) >= 11 is 5.87. The Morgan fingerprint density at radius 3 is 2.71 bits per heavy atom. The Hall–Kier alpha value is -1.62. The molecule has 1 amide bonds. The minimum Gasteiger partial charge on any atom is -0.352 e. The number of hydrogen-bond acceptors (Lipinski definition) is 4. The highest BCUT2D eigenvalue weighted by Crippen LogP contribution is 2.23. The van der Waals surface area contributed by atoms with Gasteiger partial charge in [-0.3, -0.25) is 4.79 Å². The summed E-state index contributed by atoms with van der Waals surface area (Å²) in [6, 6.07) is 5.01. The summed E-state index contributed by atoms with van der Waals surface area (Å²) in [6.07, 6.45) is 1.84. The van der Waals surface area contributed by atoms with E-state index in [2.05, 4.69) is 10.0 Å². The molecule has 2 N–H and O–H groups in total. The maximum atomic E-state index is 12.3. The van der Waals surface area contributed by atoms with Crippen molar-refractivity contribution >= 4 is 27.5 Å². The molecule has 1 unspecified atom stereocenters. The molecule has 0 heterocycles. The van der Waals surface area contributed by atoms with Gasteiger partial charge in [0, 0.05) is 6.04 Å². The molecule has 0 radical (unpaired) electrons. The normalized spacial score (nSPS) is 16.0. The average molecular weight is 328 g/mol. The Morgan fingerprint density at radius 1 is 1.48 bits per heavy atom. The Balaban J connectivity index is 2.17. The molecule has 1 aromatic carbocycles. The Bertz CT molecular complexity index is 708. The summed E-state index contributed by atoms with van der Waals surface area (Å²) in [4.78, 5) is 11.6. The lowest BCUT2D eigenvalue weighted by atomic mass is 10.2. The van der Waals surface area contributed by atoms with E-state index in [1.807, 2.05) is 6.07 Å². The third kappa shape index (κ3) is 3.94. The number of carbonyl (C=O) groups excluding carboxylic acids is 1. The number of amides is 1. The van der Waals surface area contributed by atoms with Crippen LogP contribution in [-0.2, 0) is 14.8 Å². The first kappa shape index (κ1) is 15.8. The molecule has 1 aliphatic carbocycles. The molecule has 0 aromatic heterocycles. The van der Waals surface area contributed by atoms with Crippen molar-refractivity contribution in [3.05, 3.63) is 28.8 Å². The maximum Gasteiger partial charge on any atom is 0.242 e. The lowest BCUT2D eigenvalue weighted by Crippen LogP contribution is -2.45. The fourth-order valence-electron chi connectivity index (χ4n) is 1.68. The molecular weight excluding hydrogens is 314 g/mol. The van der Waals surface area contributed by atoms with Crippen LogP contribution in [-0.4, -0.2) is 26.4 Å². The number of nitrogens with one attached hydrogen (secondary N) is 2. The van der Waals surface area contributed by atoms with Gasteiger partial charge in [0.15, 0.2) is 0 Å². The summed E-state index contributed by atoms with van der Waals surface area (Å²) in [5.74, 6) is -0.381. The summed E-state index contributed by atoms with van der Waals surface area (Å²) in [5.41, 5.74) is 0.176. The Morgan fingerprint density at radius 2 is 2.14 bits per heavy atom. The van der Waals surface area contributed by atoms with E-state index in [4.69, 9.17) is 16.9 Å².